The van der Waals surface area contributed by atoms with Crippen LogP contribution in [0, 0.1) is 23.2 Å². The van der Waals surface area contributed by atoms with Crippen LogP contribution in [0.5, 0.6) is 11.5 Å². The minimum atomic E-state index is -0.259. The highest BCUT2D eigenvalue weighted by Gasteiger charge is 2.56. The number of carbonyl (C=O) groups is 1. The fraction of sp³-hybridized carbons (Fsp3) is 0.458. The molecule has 3 aliphatic rings. The van der Waals surface area contributed by atoms with E-state index in [1.165, 1.54) is 6.42 Å². The largest absolute Gasteiger partial charge is 0.457 e. The van der Waals surface area contributed by atoms with Crippen LogP contribution >= 0.6 is 0 Å². The van der Waals surface area contributed by atoms with Gasteiger partial charge in [0, 0.05) is 31.4 Å². The summed E-state index contributed by atoms with van der Waals surface area (Å²) in [6, 6.07) is 9.81. The Bertz CT molecular complexity index is 1140. The Morgan fingerprint density at radius 1 is 1.19 bits per heavy atom. The van der Waals surface area contributed by atoms with Crippen molar-refractivity contribution in [2.24, 2.45) is 23.2 Å². The van der Waals surface area contributed by atoms with Crippen molar-refractivity contribution in [1.29, 1.82) is 0 Å². The summed E-state index contributed by atoms with van der Waals surface area (Å²) in [5.74, 6) is 3.01. The Morgan fingerprint density at radius 2 is 2.00 bits per heavy atom. The summed E-state index contributed by atoms with van der Waals surface area (Å²) in [5, 5.41) is 6.10. The quantitative estimate of drug-likeness (QED) is 0.613. The number of fused-ring (bicyclic) bond motifs is 3. The normalized spacial score (nSPS) is 26.2. The van der Waals surface area contributed by atoms with Crippen molar-refractivity contribution in [1.82, 2.24) is 15.3 Å². The monoisotopic (exact) mass is 420 g/mol. The second-order valence-corrected chi connectivity index (χ2v) is 9.41. The zero-order chi connectivity index (χ0) is 21.8. The molecule has 31 heavy (non-hydrogen) atoms. The summed E-state index contributed by atoms with van der Waals surface area (Å²) in [4.78, 5) is 20.5. The third kappa shape index (κ3) is 3.42. The molecular weight excluding hydrogens is 392 g/mol. The molecule has 3 saturated carbocycles. The van der Waals surface area contributed by atoms with Gasteiger partial charge in [0.2, 0.25) is 0 Å². The molecular formula is C24H28N4O3. The third-order valence-corrected chi connectivity index (χ3v) is 7.45. The third-order valence-electron chi connectivity index (χ3n) is 7.45. The Labute approximate surface area is 181 Å². The van der Waals surface area contributed by atoms with Gasteiger partial charge >= 0.3 is 0 Å². The highest BCUT2D eigenvalue weighted by Crippen LogP contribution is 2.61. The van der Waals surface area contributed by atoms with Gasteiger partial charge in [0.25, 0.3) is 11.9 Å². The van der Waals surface area contributed by atoms with Crippen molar-refractivity contribution in [3.8, 4) is 11.5 Å². The van der Waals surface area contributed by atoms with E-state index in [0.29, 0.717) is 46.2 Å². The number of amides is 1. The lowest BCUT2D eigenvalue weighted by molar-refractivity contribution is -0.105. The van der Waals surface area contributed by atoms with Crippen molar-refractivity contribution < 1.29 is 13.9 Å². The van der Waals surface area contributed by atoms with Gasteiger partial charge in [-0.25, -0.2) is 0 Å². The van der Waals surface area contributed by atoms with Crippen LogP contribution in [0.4, 0.5) is 6.01 Å². The summed E-state index contributed by atoms with van der Waals surface area (Å²) in [6.45, 7) is 7.15. The standard InChI is InChI=1S/C24H28N4O3/c1-13-17-9-14(24(17,2)3)10-19(13)28-23-27-18-6-5-15(12-21(18)31-23)30-16-7-8-26-20(11-16)22(29)25-4/h5-8,11-14,17,19H,9-10H2,1-4H3,(H,25,29)(H,27,28)/t13-,14+,17-,19-/m0/s1. The molecule has 1 amide bonds. The molecule has 3 aromatic rings. The number of aromatic nitrogens is 2. The number of carbonyl (C=O) groups excluding carboxylic acids is 1. The van der Waals surface area contributed by atoms with Crippen LogP contribution < -0.4 is 15.4 Å². The molecule has 0 aliphatic heterocycles. The lowest BCUT2D eigenvalue weighted by atomic mass is 9.45. The maximum absolute atomic E-state index is 11.8. The molecule has 4 atom stereocenters. The summed E-state index contributed by atoms with van der Waals surface area (Å²) < 4.78 is 11.9. The van der Waals surface area contributed by atoms with E-state index in [1.54, 1.807) is 25.4 Å². The van der Waals surface area contributed by atoms with Crippen LogP contribution in [0.3, 0.4) is 0 Å². The van der Waals surface area contributed by atoms with Gasteiger partial charge in [-0.3, -0.25) is 9.78 Å². The maximum Gasteiger partial charge on any atom is 0.295 e. The fourth-order valence-corrected chi connectivity index (χ4v) is 5.39. The van der Waals surface area contributed by atoms with Crippen molar-refractivity contribution in [3.63, 3.8) is 0 Å². The highest BCUT2D eigenvalue weighted by atomic mass is 16.5. The predicted octanol–water partition coefficient (Wildman–Crippen LogP) is 4.86. The lowest BCUT2D eigenvalue weighted by Gasteiger charge is -2.62. The smallest absolute Gasteiger partial charge is 0.295 e. The number of pyridine rings is 1. The second-order valence-electron chi connectivity index (χ2n) is 9.41. The van der Waals surface area contributed by atoms with Crippen LogP contribution in [0.2, 0.25) is 0 Å². The van der Waals surface area contributed by atoms with Crippen LogP contribution in [-0.4, -0.2) is 29.0 Å². The molecule has 0 spiro atoms. The van der Waals surface area contributed by atoms with Crippen molar-refractivity contribution in [2.45, 2.75) is 39.7 Å². The van der Waals surface area contributed by atoms with Gasteiger partial charge in [0.05, 0.1) is 0 Å². The van der Waals surface area contributed by atoms with Gasteiger partial charge in [-0.05, 0) is 54.2 Å². The molecule has 0 unspecified atom stereocenters. The van der Waals surface area contributed by atoms with Gasteiger partial charge < -0.3 is 19.8 Å². The first-order valence-electron chi connectivity index (χ1n) is 10.9. The number of hydrogen-bond acceptors (Lipinski definition) is 6. The minimum absolute atomic E-state index is 0.259. The maximum atomic E-state index is 11.8. The van der Waals surface area contributed by atoms with E-state index < -0.39 is 0 Å². The molecule has 1 aromatic carbocycles. The van der Waals surface area contributed by atoms with E-state index in [4.69, 9.17) is 9.15 Å². The molecule has 2 N–H and O–H groups in total. The first-order valence-corrected chi connectivity index (χ1v) is 10.9. The van der Waals surface area contributed by atoms with Gasteiger partial charge in [-0.1, -0.05) is 20.8 Å². The zero-order valence-electron chi connectivity index (χ0n) is 18.3. The Balaban J connectivity index is 1.31. The van der Waals surface area contributed by atoms with Crippen LogP contribution in [0.25, 0.3) is 11.1 Å². The van der Waals surface area contributed by atoms with E-state index in [0.717, 1.165) is 23.8 Å². The molecule has 2 bridgehead atoms. The molecule has 162 valence electrons. The molecule has 3 fully saturated rings. The summed E-state index contributed by atoms with van der Waals surface area (Å²) in [5.41, 5.74) is 2.20. The van der Waals surface area contributed by atoms with E-state index in [9.17, 15) is 4.79 Å². The number of benzene rings is 1. The number of nitrogens with one attached hydrogen (secondary N) is 2. The molecule has 6 rings (SSSR count). The van der Waals surface area contributed by atoms with E-state index >= 15 is 0 Å². The van der Waals surface area contributed by atoms with Gasteiger partial charge in [0.15, 0.2) is 5.58 Å². The number of oxazole rings is 1. The molecule has 0 radical (unpaired) electrons. The average molecular weight is 421 g/mol. The molecule has 7 nitrogen and oxygen atoms in total. The topological polar surface area (TPSA) is 89.3 Å². The minimum Gasteiger partial charge on any atom is -0.457 e. The van der Waals surface area contributed by atoms with Crippen LogP contribution in [-0.2, 0) is 0 Å². The van der Waals surface area contributed by atoms with E-state index in [-0.39, 0.29) is 5.91 Å². The molecule has 0 saturated heterocycles. The Hall–Kier alpha value is -3.09. The number of anilines is 1. The molecule has 2 heterocycles. The van der Waals surface area contributed by atoms with E-state index in [1.807, 2.05) is 18.2 Å². The SMILES string of the molecule is CNC(=O)c1cc(Oc2ccc3nc(N[C@H]4C[C@H]5C[C@@H]([C@@H]4C)C5(C)C)oc3c2)ccn1. The van der Waals surface area contributed by atoms with Gasteiger partial charge in [-0.2, -0.15) is 4.98 Å². The van der Waals surface area contributed by atoms with Crippen molar-refractivity contribution in [2.75, 3.05) is 12.4 Å². The Kier molecular flexibility index (Phi) is 4.64. The predicted molar refractivity (Wildman–Crippen MR) is 118 cm³/mol. The van der Waals surface area contributed by atoms with Crippen molar-refractivity contribution >= 4 is 23.0 Å². The zero-order valence-corrected chi connectivity index (χ0v) is 18.3. The number of ether oxygens (including phenoxy) is 1. The Morgan fingerprint density at radius 3 is 2.74 bits per heavy atom. The second kappa shape index (κ2) is 7.25. The highest BCUT2D eigenvalue weighted by molar-refractivity contribution is 5.92. The number of hydrogen-bond donors (Lipinski definition) is 2. The molecule has 2 aromatic heterocycles. The van der Waals surface area contributed by atoms with E-state index in [2.05, 4.69) is 41.4 Å². The summed E-state index contributed by atoms with van der Waals surface area (Å²) in [6.07, 6.45) is 4.05. The molecule has 3 aliphatic carbocycles. The number of rotatable bonds is 5. The van der Waals surface area contributed by atoms with Crippen LogP contribution in [0.1, 0.15) is 44.1 Å². The average Bonchev–Trinajstić information content (AvgIpc) is 3.16. The van der Waals surface area contributed by atoms with Crippen molar-refractivity contribution in [3.05, 3.63) is 42.2 Å². The number of nitrogens with zero attached hydrogens (tertiary/aromatic N) is 2. The summed E-state index contributed by atoms with van der Waals surface area (Å²) in [7, 11) is 1.57. The van der Waals surface area contributed by atoms with Gasteiger partial charge in [0.1, 0.15) is 22.7 Å². The fourth-order valence-electron chi connectivity index (χ4n) is 5.39. The lowest BCUT2D eigenvalue weighted by Crippen LogP contribution is -2.58. The first-order chi connectivity index (χ1) is 14.8. The molecule has 7 heteroatoms. The summed E-state index contributed by atoms with van der Waals surface area (Å²) >= 11 is 0. The van der Waals surface area contributed by atoms with Gasteiger partial charge in [-0.15, -0.1) is 0 Å². The first kappa shape index (κ1) is 19.8. The van der Waals surface area contributed by atoms with Crippen LogP contribution in [0.15, 0.2) is 40.9 Å².